The molecule has 0 atom stereocenters. The molecule has 37 heavy (non-hydrogen) atoms. The summed E-state index contributed by atoms with van der Waals surface area (Å²) in [7, 11) is 1.57. The van der Waals surface area contributed by atoms with E-state index in [1.807, 2.05) is 6.07 Å². The van der Waals surface area contributed by atoms with E-state index in [1.165, 1.54) is 11.2 Å². The maximum absolute atomic E-state index is 13.4. The first-order valence-electron chi connectivity index (χ1n) is 11.8. The van der Waals surface area contributed by atoms with Gasteiger partial charge in [-0.1, -0.05) is 0 Å². The number of pyridine rings is 1. The second kappa shape index (κ2) is 8.02. The number of aromatic nitrogens is 3. The van der Waals surface area contributed by atoms with E-state index in [-0.39, 0.29) is 12.2 Å². The number of alkyl halides is 3. The van der Waals surface area contributed by atoms with Gasteiger partial charge in [0.25, 0.3) is 5.91 Å². The largest absolute Gasteiger partial charge is 0.497 e. The van der Waals surface area contributed by atoms with Crippen molar-refractivity contribution in [1.29, 1.82) is 0 Å². The van der Waals surface area contributed by atoms with Gasteiger partial charge in [0.05, 0.1) is 41.0 Å². The molecule has 3 aliphatic rings. The van der Waals surface area contributed by atoms with Crippen molar-refractivity contribution < 1.29 is 32.2 Å². The Morgan fingerprint density at radius 2 is 1.81 bits per heavy atom. The quantitative estimate of drug-likeness (QED) is 0.468. The van der Waals surface area contributed by atoms with Gasteiger partial charge in [-0.15, -0.1) is 0 Å². The lowest BCUT2D eigenvalue weighted by Crippen LogP contribution is -2.49. The minimum atomic E-state index is -4.61. The highest BCUT2D eigenvalue weighted by Gasteiger charge is 2.63. The maximum Gasteiger partial charge on any atom is 0.417 e. The zero-order valence-electron chi connectivity index (χ0n) is 19.8. The van der Waals surface area contributed by atoms with Crippen molar-refractivity contribution in [2.45, 2.75) is 49.4 Å². The van der Waals surface area contributed by atoms with Gasteiger partial charge < -0.3 is 9.47 Å². The summed E-state index contributed by atoms with van der Waals surface area (Å²) in [6.45, 7) is -0.337. The fourth-order valence-electron chi connectivity index (χ4n) is 5.89. The van der Waals surface area contributed by atoms with Crippen molar-refractivity contribution in [3.63, 3.8) is 0 Å². The van der Waals surface area contributed by atoms with E-state index in [2.05, 4.69) is 15.0 Å². The average Bonchev–Trinajstić information content (AvgIpc) is 3.52. The Bertz CT molecular complexity index is 1420. The van der Waals surface area contributed by atoms with Crippen LogP contribution in [0.25, 0.3) is 10.9 Å². The van der Waals surface area contributed by atoms with Crippen molar-refractivity contribution >= 4 is 28.5 Å². The summed E-state index contributed by atoms with van der Waals surface area (Å²) in [5.41, 5.74) is -1.76. The first kappa shape index (κ1) is 23.4. The predicted octanol–water partition coefficient (Wildman–Crippen LogP) is 4.36. The molecule has 12 heteroatoms. The Morgan fingerprint density at radius 3 is 2.54 bits per heavy atom. The van der Waals surface area contributed by atoms with E-state index in [4.69, 9.17) is 9.47 Å². The Hall–Kier alpha value is -3.96. The molecular formula is C25H22F3N5O4. The van der Waals surface area contributed by atoms with E-state index >= 15 is 0 Å². The van der Waals surface area contributed by atoms with E-state index in [1.54, 1.807) is 19.2 Å². The fourth-order valence-corrected chi connectivity index (χ4v) is 5.89. The molecule has 1 aliphatic heterocycles. The van der Waals surface area contributed by atoms with Gasteiger partial charge in [-0.2, -0.15) is 13.2 Å². The number of benzene rings is 1. The molecule has 2 aromatic heterocycles. The van der Waals surface area contributed by atoms with Crippen LogP contribution < -0.4 is 14.4 Å². The number of hydrogen-bond acceptors (Lipinski definition) is 7. The SMILES string of the molecule is COc1ccc2c(OC34CCC(N5C(=O)CN(c6cncc(C(F)(F)F)c6)C5=O)(CC3)C4)ncnc2c1. The number of anilines is 1. The number of methoxy groups -OCH3 is 1. The van der Waals surface area contributed by atoms with Crippen LogP contribution >= 0.6 is 0 Å². The van der Waals surface area contributed by atoms with Gasteiger partial charge in [-0.05, 0) is 43.9 Å². The maximum atomic E-state index is 13.4. The van der Waals surface area contributed by atoms with Crippen LogP contribution in [-0.2, 0) is 11.0 Å². The summed E-state index contributed by atoms with van der Waals surface area (Å²) < 4.78 is 51.3. The monoisotopic (exact) mass is 513 g/mol. The van der Waals surface area contributed by atoms with Gasteiger partial charge >= 0.3 is 12.2 Å². The third kappa shape index (κ3) is 3.73. The molecule has 0 spiro atoms. The van der Waals surface area contributed by atoms with Gasteiger partial charge in [0.1, 0.15) is 24.2 Å². The summed E-state index contributed by atoms with van der Waals surface area (Å²) in [5, 5.41) is 0.721. The molecular weight excluding hydrogens is 491 g/mol. The molecule has 0 N–H and O–H groups in total. The van der Waals surface area contributed by atoms with E-state index in [0.717, 1.165) is 22.5 Å². The van der Waals surface area contributed by atoms with Crippen LogP contribution in [0.5, 0.6) is 11.6 Å². The van der Waals surface area contributed by atoms with Crippen LogP contribution in [0.3, 0.4) is 0 Å². The number of nitrogens with zero attached hydrogens (tertiary/aromatic N) is 5. The summed E-state index contributed by atoms with van der Waals surface area (Å²) in [6.07, 6.45) is 1.37. The molecule has 192 valence electrons. The zero-order chi connectivity index (χ0) is 26.0. The highest BCUT2D eigenvalue weighted by Crippen LogP contribution is 2.56. The molecule has 1 saturated heterocycles. The molecule has 3 heterocycles. The zero-order valence-corrected chi connectivity index (χ0v) is 19.8. The minimum absolute atomic E-state index is 0.0616. The number of imide groups is 1. The number of rotatable bonds is 5. The van der Waals surface area contributed by atoms with E-state index < -0.39 is 34.8 Å². The van der Waals surface area contributed by atoms with Crippen LogP contribution in [0.4, 0.5) is 23.7 Å². The van der Waals surface area contributed by atoms with Gasteiger partial charge in [-0.25, -0.2) is 14.8 Å². The molecule has 3 aromatic rings. The standard InChI is InChI=1S/C25H22F3N5O4/c1-36-17-2-3-18-19(9-17)30-14-31-21(18)37-24-6-4-23(13-24,5-7-24)33-20(34)12-32(22(33)35)16-8-15(10-29-11-16)25(26,27)28/h2-3,8-11,14H,4-7,12-13H2,1H3. The third-order valence-corrected chi connectivity index (χ3v) is 7.67. The van der Waals surface area contributed by atoms with Crippen LogP contribution in [0, 0.1) is 0 Å². The van der Waals surface area contributed by atoms with Gasteiger partial charge in [0.2, 0.25) is 5.88 Å². The molecule has 1 aromatic carbocycles. The van der Waals surface area contributed by atoms with E-state index in [0.29, 0.717) is 55.4 Å². The molecule has 2 aliphatic carbocycles. The van der Waals surface area contributed by atoms with Gasteiger partial charge in [0, 0.05) is 18.7 Å². The molecule has 6 rings (SSSR count). The summed E-state index contributed by atoms with van der Waals surface area (Å²) >= 11 is 0. The Balaban J connectivity index is 1.25. The second-order valence-electron chi connectivity index (χ2n) is 9.78. The topological polar surface area (TPSA) is 97.8 Å². The first-order chi connectivity index (χ1) is 17.6. The second-order valence-corrected chi connectivity index (χ2v) is 9.78. The van der Waals surface area contributed by atoms with Crippen molar-refractivity contribution in [3.8, 4) is 11.6 Å². The molecule has 0 unspecified atom stereocenters. The lowest BCUT2D eigenvalue weighted by atomic mass is 9.91. The number of urea groups is 1. The molecule has 0 radical (unpaired) electrons. The van der Waals surface area contributed by atoms with Crippen LogP contribution in [0.1, 0.15) is 37.7 Å². The molecule has 2 saturated carbocycles. The minimum Gasteiger partial charge on any atom is -0.497 e. The normalized spacial score (nSPS) is 25.4. The number of hydrogen-bond donors (Lipinski definition) is 0. The number of halogens is 3. The van der Waals surface area contributed by atoms with Crippen molar-refractivity contribution in [3.05, 3.63) is 48.5 Å². The summed E-state index contributed by atoms with van der Waals surface area (Å²) in [5.74, 6) is 0.628. The highest BCUT2D eigenvalue weighted by atomic mass is 19.4. The average molecular weight is 513 g/mol. The Morgan fingerprint density at radius 1 is 1.03 bits per heavy atom. The van der Waals surface area contributed by atoms with Crippen LogP contribution in [0.2, 0.25) is 0 Å². The van der Waals surface area contributed by atoms with Crippen molar-refractivity contribution in [1.82, 2.24) is 19.9 Å². The summed E-state index contributed by atoms with van der Waals surface area (Å²) in [6, 6.07) is 5.61. The number of carbonyl (C=O) groups is 2. The predicted molar refractivity (Wildman–Crippen MR) is 124 cm³/mol. The van der Waals surface area contributed by atoms with Crippen molar-refractivity contribution in [2.24, 2.45) is 0 Å². The number of amides is 3. The number of carbonyl (C=O) groups excluding carboxylic acids is 2. The van der Waals surface area contributed by atoms with Crippen LogP contribution in [0.15, 0.2) is 43.0 Å². The van der Waals surface area contributed by atoms with Gasteiger partial charge in [0.15, 0.2) is 0 Å². The number of ether oxygens (including phenoxy) is 2. The van der Waals surface area contributed by atoms with E-state index in [9.17, 15) is 22.8 Å². The Kier molecular flexibility index (Phi) is 5.08. The van der Waals surface area contributed by atoms with Gasteiger partial charge in [-0.3, -0.25) is 19.6 Å². The molecule has 2 bridgehead atoms. The first-order valence-corrected chi connectivity index (χ1v) is 11.8. The Labute approximate surface area is 209 Å². The molecule has 3 fully saturated rings. The number of fused-ring (bicyclic) bond motifs is 3. The molecule has 9 nitrogen and oxygen atoms in total. The smallest absolute Gasteiger partial charge is 0.417 e. The molecule has 3 amide bonds. The lowest BCUT2D eigenvalue weighted by Gasteiger charge is -2.34. The van der Waals surface area contributed by atoms with Crippen molar-refractivity contribution in [2.75, 3.05) is 18.6 Å². The fraction of sp³-hybridized carbons (Fsp3) is 0.400. The third-order valence-electron chi connectivity index (χ3n) is 7.67. The van der Waals surface area contributed by atoms with Crippen LogP contribution in [-0.4, -0.2) is 56.6 Å². The highest BCUT2D eigenvalue weighted by molar-refractivity contribution is 6.12. The lowest BCUT2D eigenvalue weighted by molar-refractivity contribution is -0.137. The summed E-state index contributed by atoms with van der Waals surface area (Å²) in [4.78, 5) is 41.0.